The lowest BCUT2D eigenvalue weighted by Crippen LogP contribution is -2.42. The average Bonchev–Trinajstić information content (AvgIpc) is 2.33. The largest absolute Gasteiger partial charge is 0.480 e. The molecule has 0 aliphatic heterocycles. The highest BCUT2D eigenvalue weighted by Gasteiger charge is 2.37. The second kappa shape index (κ2) is 6.44. The molecule has 0 aromatic heterocycles. The van der Waals surface area contributed by atoms with Crippen LogP contribution in [0, 0.1) is 5.92 Å². The number of carboxylic acid groups (broad SMARTS) is 1. The minimum atomic E-state index is -2.70. The van der Waals surface area contributed by atoms with Gasteiger partial charge in [0.05, 0.1) is 6.54 Å². The van der Waals surface area contributed by atoms with Crippen LogP contribution in [0.2, 0.25) is 0 Å². The maximum Gasteiger partial charge on any atom is 0.322 e. The van der Waals surface area contributed by atoms with Crippen molar-refractivity contribution in [2.75, 3.05) is 13.1 Å². The van der Waals surface area contributed by atoms with Gasteiger partial charge in [-0.15, -0.1) is 0 Å². The summed E-state index contributed by atoms with van der Waals surface area (Å²) in [7, 11) is 0. The van der Waals surface area contributed by atoms with Crippen LogP contribution in [0.4, 0.5) is 8.78 Å². The van der Waals surface area contributed by atoms with Crippen LogP contribution in [0.25, 0.3) is 0 Å². The first kappa shape index (κ1) is 15.3. The molecule has 3 N–H and O–H groups in total. The minimum absolute atomic E-state index is 0.0928. The molecule has 1 rings (SSSR count). The minimum Gasteiger partial charge on any atom is -0.480 e. The predicted molar refractivity (Wildman–Crippen MR) is 60.6 cm³/mol. The molecule has 0 unspecified atom stereocenters. The van der Waals surface area contributed by atoms with E-state index in [1.54, 1.807) is 0 Å². The molecule has 8 heteroatoms. The van der Waals surface area contributed by atoms with Gasteiger partial charge in [0.1, 0.15) is 6.54 Å². The quantitative estimate of drug-likeness (QED) is 0.666. The Morgan fingerprint density at radius 2 is 1.68 bits per heavy atom. The third-order valence-electron chi connectivity index (χ3n) is 2.95. The fraction of sp³-hybridized carbons (Fsp3) is 0.727. The molecule has 0 saturated heterocycles. The van der Waals surface area contributed by atoms with Crippen molar-refractivity contribution in [3.8, 4) is 0 Å². The van der Waals surface area contributed by atoms with E-state index in [4.69, 9.17) is 5.11 Å². The Kier molecular flexibility index (Phi) is 5.20. The van der Waals surface area contributed by atoms with Crippen molar-refractivity contribution in [3.63, 3.8) is 0 Å². The third kappa shape index (κ3) is 5.62. The number of hydrogen-bond donors (Lipinski definition) is 3. The highest BCUT2D eigenvalue weighted by atomic mass is 19.3. The lowest BCUT2D eigenvalue weighted by atomic mass is 9.86. The monoisotopic (exact) mass is 278 g/mol. The van der Waals surface area contributed by atoms with E-state index in [0.717, 1.165) is 0 Å². The topological polar surface area (TPSA) is 95.5 Å². The van der Waals surface area contributed by atoms with Crippen molar-refractivity contribution in [1.82, 2.24) is 10.6 Å². The zero-order valence-electron chi connectivity index (χ0n) is 10.2. The van der Waals surface area contributed by atoms with Gasteiger partial charge in [-0.25, -0.2) is 8.78 Å². The van der Waals surface area contributed by atoms with Gasteiger partial charge in [-0.3, -0.25) is 14.4 Å². The van der Waals surface area contributed by atoms with Gasteiger partial charge in [-0.1, -0.05) is 0 Å². The Morgan fingerprint density at radius 3 is 2.21 bits per heavy atom. The highest BCUT2D eigenvalue weighted by Crippen LogP contribution is 2.36. The van der Waals surface area contributed by atoms with Gasteiger partial charge in [0, 0.05) is 18.8 Å². The van der Waals surface area contributed by atoms with Crippen molar-refractivity contribution in [3.05, 3.63) is 0 Å². The van der Waals surface area contributed by atoms with Gasteiger partial charge in [-0.05, 0) is 12.8 Å². The van der Waals surface area contributed by atoms with E-state index in [-0.39, 0.29) is 32.2 Å². The van der Waals surface area contributed by atoms with Gasteiger partial charge in [-0.2, -0.15) is 0 Å². The number of carboxylic acids is 1. The van der Waals surface area contributed by atoms with E-state index >= 15 is 0 Å². The summed E-state index contributed by atoms with van der Waals surface area (Å²) in [5, 5.41) is 12.7. The van der Waals surface area contributed by atoms with Crippen molar-refractivity contribution >= 4 is 17.8 Å². The van der Waals surface area contributed by atoms with Crippen LogP contribution < -0.4 is 10.6 Å². The maximum absolute atomic E-state index is 12.9. The molecule has 0 bridgehead atoms. The first-order valence-electron chi connectivity index (χ1n) is 5.94. The lowest BCUT2D eigenvalue weighted by molar-refractivity contribution is -0.137. The van der Waals surface area contributed by atoms with Crippen LogP contribution in [-0.2, 0) is 14.4 Å². The molecule has 0 aromatic carbocycles. The molecule has 1 aliphatic carbocycles. The summed E-state index contributed by atoms with van der Waals surface area (Å²) in [6.07, 6.45) is -0.461. The van der Waals surface area contributed by atoms with E-state index in [1.165, 1.54) is 0 Å². The van der Waals surface area contributed by atoms with Crippen LogP contribution in [0.5, 0.6) is 0 Å². The average molecular weight is 278 g/mol. The van der Waals surface area contributed by atoms with E-state index < -0.39 is 36.2 Å². The van der Waals surface area contributed by atoms with Crippen LogP contribution >= 0.6 is 0 Å². The molecule has 0 heterocycles. The number of hydrogen-bond acceptors (Lipinski definition) is 3. The second-order valence-electron chi connectivity index (χ2n) is 4.52. The number of aliphatic carboxylic acids is 1. The zero-order chi connectivity index (χ0) is 14.5. The normalized spacial score (nSPS) is 18.6. The summed E-state index contributed by atoms with van der Waals surface area (Å²) >= 11 is 0. The first-order chi connectivity index (χ1) is 8.80. The van der Waals surface area contributed by atoms with Crippen molar-refractivity contribution in [2.24, 2.45) is 5.92 Å². The third-order valence-corrected chi connectivity index (χ3v) is 2.95. The fourth-order valence-electron chi connectivity index (χ4n) is 1.85. The van der Waals surface area contributed by atoms with E-state index in [1.807, 2.05) is 0 Å². The Bertz CT molecular complexity index is 364. The molecule has 0 aromatic rings. The molecule has 1 saturated carbocycles. The van der Waals surface area contributed by atoms with E-state index in [9.17, 15) is 23.2 Å². The molecule has 108 valence electrons. The standard InChI is InChI=1S/C11H16F2N2O4/c12-11(13)3-1-7(2-4-11)10(19)15-5-8(16)14-6-9(17)18/h7H,1-6H2,(H,14,16)(H,15,19)(H,17,18). The molecule has 1 fully saturated rings. The molecular formula is C11H16F2N2O4. The SMILES string of the molecule is O=C(O)CNC(=O)CNC(=O)C1CCC(F)(F)CC1. The van der Waals surface area contributed by atoms with Crippen LogP contribution in [0.15, 0.2) is 0 Å². The Morgan fingerprint density at radius 1 is 1.11 bits per heavy atom. The van der Waals surface area contributed by atoms with Crippen molar-refractivity contribution < 1.29 is 28.3 Å². The molecule has 2 amide bonds. The van der Waals surface area contributed by atoms with Crippen LogP contribution in [-0.4, -0.2) is 41.9 Å². The first-order valence-corrected chi connectivity index (χ1v) is 5.94. The molecule has 19 heavy (non-hydrogen) atoms. The van der Waals surface area contributed by atoms with Gasteiger partial charge >= 0.3 is 5.97 Å². The highest BCUT2D eigenvalue weighted by molar-refractivity contribution is 5.87. The van der Waals surface area contributed by atoms with E-state index in [2.05, 4.69) is 10.6 Å². The maximum atomic E-state index is 12.9. The second-order valence-corrected chi connectivity index (χ2v) is 4.52. The predicted octanol–water partition coefficient (Wildman–Crippen LogP) is 0.129. The summed E-state index contributed by atoms with van der Waals surface area (Å²) in [6.45, 7) is -0.872. The number of rotatable bonds is 5. The van der Waals surface area contributed by atoms with Gasteiger partial charge in [0.25, 0.3) is 0 Å². The summed E-state index contributed by atoms with van der Waals surface area (Å²) in [5.41, 5.74) is 0. The Hall–Kier alpha value is -1.73. The summed E-state index contributed by atoms with van der Waals surface area (Å²) < 4.78 is 25.8. The van der Waals surface area contributed by atoms with Gasteiger partial charge in [0.15, 0.2) is 0 Å². The molecule has 0 spiro atoms. The van der Waals surface area contributed by atoms with E-state index in [0.29, 0.717) is 0 Å². The number of alkyl halides is 2. The molecule has 0 atom stereocenters. The van der Waals surface area contributed by atoms with Crippen molar-refractivity contribution in [1.29, 1.82) is 0 Å². The smallest absolute Gasteiger partial charge is 0.322 e. The molecular weight excluding hydrogens is 262 g/mol. The number of nitrogens with one attached hydrogen (secondary N) is 2. The zero-order valence-corrected chi connectivity index (χ0v) is 10.2. The molecule has 1 aliphatic rings. The Labute approximate surface area is 108 Å². The summed E-state index contributed by atoms with van der Waals surface area (Å²) in [4.78, 5) is 32.9. The number of halogens is 2. The van der Waals surface area contributed by atoms with Crippen LogP contribution in [0.1, 0.15) is 25.7 Å². The number of amides is 2. The van der Waals surface area contributed by atoms with Crippen LogP contribution in [0.3, 0.4) is 0 Å². The number of carbonyl (C=O) groups excluding carboxylic acids is 2. The lowest BCUT2D eigenvalue weighted by Gasteiger charge is -2.27. The van der Waals surface area contributed by atoms with Gasteiger partial charge in [0.2, 0.25) is 17.7 Å². The van der Waals surface area contributed by atoms with Gasteiger partial charge < -0.3 is 15.7 Å². The number of carbonyl (C=O) groups is 3. The fourth-order valence-corrected chi connectivity index (χ4v) is 1.85. The Balaban J connectivity index is 2.24. The molecule has 6 nitrogen and oxygen atoms in total. The molecule has 0 radical (unpaired) electrons. The summed E-state index contributed by atoms with van der Waals surface area (Å²) in [6, 6.07) is 0. The van der Waals surface area contributed by atoms with Crippen molar-refractivity contribution in [2.45, 2.75) is 31.6 Å². The summed E-state index contributed by atoms with van der Waals surface area (Å²) in [5.74, 6) is -5.46.